The van der Waals surface area contributed by atoms with Crippen molar-refractivity contribution >= 4 is 6.08 Å². The average molecular weight is 227 g/mol. The van der Waals surface area contributed by atoms with E-state index < -0.39 is 23.8 Å². The van der Waals surface area contributed by atoms with Gasteiger partial charge in [0.25, 0.3) is 0 Å². The molecule has 0 radical (unpaired) electrons. The SMILES string of the molecule is O=C=NC1(c2cc(CF)cc(F)c2F)CC1. The third-order valence-electron chi connectivity index (χ3n) is 2.73. The van der Waals surface area contributed by atoms with Crippen LogP contribution in [-0.4, -0.2) is 6.08 Å². The van der Waals surface area contributed by atoms with Gasteiger partial charge in [-0.3, -0.25) is 0 Å². The third kappa shape index (κ3) is 1.63. The molecule has 0 atom stereocenters. The number of hydrogen-bond acceptors (Lipinski definition) is 2. The second-order valence-electron chi connectivity index (χ2n) is 3.81. The highest BCUT2D eigenvalue weighted by atomic mass is 19.2. The van der Waals surface area contributed by atoms with E-state index in [1.54, 1.807) is 0 Å². The third-order valence-corrected chi connectivity index (χ3v) is 2.73. The summed E-state index contributed by atoms with van der Waals surface area (Å²) >= 11 is 0. The molecule has 1 fully saturated rings. The number of hydrogen-bond donors (Lipinski definition) is 0. The molecule has 0 spiro atoms. The molecular weight excluding hydrogens is 219 g/mol. The van der Waals surface area contributed by atoms with Crippen LogP contribution in [-0.2, 0) is 17.0 Å². The van der Waals surface area contributed by atoms with Crippen molar-refractivity contribution in [3.8, 4) is 0 Å². The summed E-state index contributed by atoms with van der Waals surface area (Å²) in [6, 6.07) is 2.02. The van der Waals surface area contributed by atoms with Gasteiger partial charge in [-0.05, 0) is 30.5 Å². The van der Waals surface area contributed by atoms with E-state index in [0.717, 1.165) is 6.07 Å². The topological polar surface area (TPSA) is 29.4 Å². The zero-order chi connectivity index (χ0) is 11.8. The highest BCUT2D eigenvalue weighted by Crippen LogP contribution is 2.50. The Morgan fingerprint density at radius 2 is 2.06 bits per heavy atom. The molecule has 0 bridgehead atoms. The summed E-state index contributed by atoms with van der Waals surface area (Å²) in [6.45, 7) is -0.884. The van der Waals surface area contributed by atoms with Crippen LogP contribution in [0.25, 0.3) is 0 Å². The molecule has 2 rings (SSSR count). The minimum absolute atomic E-state index is 0.0428. The van der Waals surface area contributed by atoms with Crippen molar-refractivity contribution in [2.24, 2.45) is 4.99 Å². The Morgan fingerprint density at radius 3 is 2.56 bits per heavy atom. The Hall–Kier alpha value is -1.61. The first-order valence-electron chi connectivity index (χ1n) is 4.76. The van der Waals surface area contributed by atoms with Gasteiger partial charge in [-0.25, -0.2) is 18.0 Å². The molecule has 1 aromatic rings. The van der Waals surface area contributed by atoms with E-state index in [4.69, 9.17) is 0 Å². The molecule has 0 heterocycles. The Morgan fingerprint density at radius 1 is 1.38 bits per heavy atom. The highest BCUT2D eigenvalue weighted by molar-refractivity contribution is 5.43. The molecule has 1 aliphatic rings. The van der Waals surface area contributed by atoms with Gasteiger partial charge in [-0.1, -0.05) is 0 Å². The van der Waals surface area contributed by atoms with E-state index in [-0.39, 0.29) is 11.1 Å². The second-order valence-corrected chi connectivity index (χ2v) is 3.81. The largest absolute Gasteiger partial charge is 0.246 e. The van der Waals surface area contributed by atoms with Crippen LogP contribution in [0.2, 0.25) is 0 Å². The molecule has 0 saturated heterocycles. The smallest absolute Gasteiger partial charge is 0.235 e. The van der Waals surface area contributed by atoms with E-state index in [9.17, 15) is 18.0 Å². The number of aliphatic imine (C=N–C) groups is 1. The molecule has 0 unspecified atom stereocenters. The van der Waals surface area contributed by atoms with Crippen molar-refractivity contribution in [1.29, 1.82) is 0 Å². The summed E-state index contributed by atoms with van der Waals surface area (Å²) in [5.74, 6) is -2.17. The Labute approximate surface area is 89.8 Å². The first-order valence-corrected chi connectivity index (χ1v) is 4.76. The van der Waals surface area contributed by atoms with Crippen LogP contribution < -0.4 is 0 Å². The van der Waals surface area contributed by atoms with Crippen LogP contribution in [0.5, 0.6) is 0 Å². The number of halogens is 3. The Kier molecular flexibility index (Phi) is 2.56. The van der Waals surface area contributed by atoms with Gasteiger partial charge < -0.3 is 0 Å². The van der Waals surface area contributed by atoms with Gasteiger partial charge in [0.05, 0.1) is 0 Å². The van der Waals surface area contributed by atoms with E-state index in [2.05, 4.69) is 4.99 Å². The van der Waals surface area contributed by atoms with Gasteiger partial charge in [0.2, 0.25) is 6.08 Å². The molecule has 5 heteroatoms. The Bertz CT molecular complexity index is 476. The van der Waals surface area contributed by atoms with E-state index in [0.29, 0.717) is 12.8 Å². The van der Waals surface area contributed by atoms with E-state index >= 15 is 0 Å². The summed E-state index contributed by atoms with van der Waals surface area (Å²) < 4.78 is 39.0. The first kappa shape index (κ1) is 10.9. The molecular formula is C11H8F3NO. The molecule has 16 heavy (non-hydrogen) atoms. The van der Waals surface area contributed by atoms with Gasteiger partial charge in [-0.15, -0.1) is 0 Å². The molecule has 1 aromatic carbocycles. The average Bonchev–Trinajstić information content (AvgIpc) is 3.03. The van der Waals surface area contributed by atoms with Crippen molar-refractivity contribution in [3.63, 3.8) is 0 Å². The molecule has 2 nitrogen and oxygen atoms in total. The summed E-state index contributed by atoms with van der Waals surface area (Å²) in [5.41, 5.74) is -1.03. The van der Waals surface area contributed by atoms with E-state index in [1.807, 2.05) is 0 Å². The zero-order valence-electron chi connectivity index (χ0n) is 8.27. The molecule has 0 amide bonds. The lowest BCUT2D eigenvalue weighted by Crippen LogP contribution is -2.08. The number of benzene rings is 1. The van der Waals surface area contributed by atoms with Crippen LogP contribution in [0.1, 0.15) is 24.0 Å². The number of carbonyl (C=O) groups excluding carboxylic acids is 1. The monoisotopic (exact) mass is 227 g/mol. The maximum absolute atomic E-state index is 13.5. The zero-order valence-corrected chi connectivity index (χ0v) is 8.27. The molecule has 0 aliphatic heterocycles. The number of rotatable bonds is 3. The van der Waals surface area contributed by atoms with Gasteiger partial charge in [0, 0.05) is 5.56 Å². The number of alkyl halides is 1. The minimum Gasteiger partial charge on any atom is -0.246 e. The predicted octanol–water partition coefficient (Wildman–Crippen LogP) is 2.76. The fourth-order valence-electron chi connectivity index (χ4n) is 1.71. The molecule has 0 aromatic heterocycles. The van der Waals surface area contributed by atoms with Crippen molar-refractivity contribution in [2.75, 3.05) is 0 Å². The number of isocyanates is 1. The minimum atomic E-state index is -1.11. The van der Waals surface area contributed by atoms with Gasteiger partial charge >= 0.3 is 0 Å². The number of nitrogens with zero attached hydrogens (tertiary/aromatic N) is 1. The predicted molar refractivity (Wildman–Crippen MR) is 50.2 cm³/mol. The second kappa shape index (κ2) is 3.76. The Balaban J connectivity index is 2.55. The standard InChI is InChI=1S/C11H8F3NO/c12-5-7-3-8(10(14)9(13)4-7)11(1-2-11)15-6-16/h3-4H,1-2,5H2. The molecule has 1 aliphatic carbocycles. The first-order chi connectivity index (χ1) is 7.63. The van der Waals surface area contributed by atoms with Crippen molar-refractivity contribution in [3.05, 3.63) is 34.9 Å². The van der Waals surface area contributed by atoms with Crippen molar-refractivity contribution in [2.45, 2.75) is 25.1 Å². The van der Waals surface area contributed by atoms with Gasteiger partial charge in [-0.2, -0.15) is 4.99 Å². The molecule has 0 N–H and O–H groups in total. The summed E-state index contributed by atoms with van der Waals surface area (Å²) in [4.78, 5) is 13.7. The van der Waals surface area contributed by atoms with Crippen LogP contribution in [0, 0.1) is 11.6 Å². The maximum atomic E-state index is 13.5. The maximum Gasteiger partial charge on any atom is 0.235 e. The van der Waals surface area contributed by atoms with Gasteiger partial charge in [0.1, 0.15) is 12.2 Å². The fraction of sp³-hybridized carbons (Fsp3) is 0.364. The summed E-state index contributed by atoms with van der Waals surface area (Å²) in [7, 11) is 0. The fourth-order valence-corrected chi connectivity index (χ4v) is 1.71. The van der Waals surface area contributed by atoms with Crippen LogP contribution in [0.15, 0.2) is 17.1 Å². The van der Waals surface area contributed by atoms with E-state index in [1.165, 1.54) is 12.1 Å². The quantitative estimate of drug-likeness (QED) is 0.576. The summed E-state index contributed by atoms with van der Waals surface area (Å²) in [5, 5.41) is 0. The van der Waals surface area contributed by atoms with Crippen LogP contribution in [0.4, 0.5) is 13.2 Å². The molecule has 1 saturated carbocycles. The van der Waals surface area contributed by atoms with Crippen LogP contribution >= 0.6 is 0 Å². The lowest BCUT2D eigenvalue weighted by Gasteiger charge is -2.11. The van der Waals surface area contributed by atoms with Crippen LogP contribution in [0.3, 0.4) is 0 Å². The summed E-state index contributed by atoms with van der Waals surface area (Å²) in [6.07, 6.45) is 2.25. The lowest BCUT2D eigenvalue weighted by atomic mass is 10.0. The van der Waals surface area contributed by atoms with Crippen molar-refractivity contribution < 1.29 is 18.0 Å². The van der Waals surface area contributed by atoms with Gasteiger partial charge in [0.15, 0.2) is 11.6 Å². The highest BCUT2D eigenvalue weighted by Gasteiger charge is 2.47. The van der Waals surface area contributed by atoms with Crippen molar-refractivity contribution in [1.82, 2.24) is 0 Å². The normalized spacial score (nSPS) is 16.7. The lowest BCUT2D eigenvalue weighted by molar-refractivity contribution is 0.461. The molecule has 84 valence electrons.